The minimum Gasteiger partial charge on any atom is -0.508 e. The number of rotatable bonds is 2. The predicted octanol–water partition coefficient (Wildman–Crippen LogP) is 1.74. The van der Waals surface area contributed by atoms with Crippen molar-refractivity contribution in [1.82, 2.24) is 4.31 Å². The third-order valence-corrected chi connectivity index (χ3v) is 4.94. The summed E-state index contributed by atoms with van der Waals surface area (Å²) in [5.41, 5.74) is 0.738. The number of amides is 1. The highest BCUT2D eigenvalue weighted by Gasteiger charge is 2.40. The second-order valence-corrected chi connectivity index (χ2v) is 6.31. The average molecular weight is 289 g/mol. The minimum atomic E-state index is -3.80. The summed E-state index contributed by atoms with van der Waals surface area (Å²) in [6.45, 7) is -0.0930. The van der Waals surface area contributed by atoms with E-state index in [0.29, 0.717) is 5.56 Å². The molecule has 1 amide bonds. The lowest BCUT2D eigenvalue weighted by Crippen LogP contribution is -2.29. The fourth-order valence-electron chi connectivity index (χ4n) is 2.21. The van der Waals surface area contributed by atoms with Crippen LogP contribution in [0.25, 0.3) is 0 Å². The molecule has 2 aromatic carbocycles. The fraction of sp³-hybridized carbons (Fsp3) is 0.0714. The highest BCUT2D eigenvalue weighted by atomic mass is 32.2. The van der Waals surface area contributed by atoms with Crippen LogP contribution in [0, 0.1) is 0 Å². The van der Waals surface area contributed by atoms with E-state index in [4.69, 9.17) is 0 Å². The number of nitrogens with zero attached hydrogens (tertiary/aromatic N) is 1. The van der Waals surface area contributed by atoms with Crippen LogP contribution < -0.4 is 0 Å². The van der Waals surface area contributed by atoms with Gasteiger partial charge < -0.3 is 5.11 Å². The van der Waals surface area contributed by atoms with E-state index < -0.39 is 15.9 Å². The zero-order chi connectivity index (χ0) is 14.3. The van der Waals surface area contributed by atoms with Crippen LogP contribution in [0.2, 0.25) is 0 Å². The molecule has 1 N–H and O–H groups in total. The molecule has 102 valence electrons. The Balaban J connectivity index is 2.03. The molecule has 0 atom stereocenters. The minimum absolute atomic E-state index is 0.0315. The Bertz CT molecular complexity index is 798. The van der Waals surface area contributed by atoms with Crippen LogP contribution in [0.5, 0.6) is 5.75 Å². The van der Waals surface area contributed by atoms with Crippen LogP contribution in [0.15, 0.2) is 53.4 Å². The van der Waals surface area contributed by atoms with Gasteiger partial charge in [-0.3, -0.25) is 4.79 Å². The first kappa shape index (κ1) is 12.7. The maximum atomic E-state index is 12.3. The van der Waals surface area contributed by atoms with Gasteiger partial charge in [0.05, 0.1) is 12.1 Å². The van der Waals surface area contributed by atoms with E-state index in [0.717, 1.165) is 4.31 Å². The van der Waals surface area contributed by atoms with Gasteiger partial charge in [-0.1, -0.05) is 24.3 Å². The molecule has 5 nitrogen and oxygen atoms in total. The zero-order valence-electron chi connectivity index (χ0n) is 10.4. The van der Waals surface area contributed by atoms with Crippen molar-refractivity contribution in [3.8, 4) is 5.75 Å². The number of benzene rings is 2. The molecule has 20 heavy (non-hydrogen) atoms. The van der Waals surface area contributed by atoms with E-state index in [9.17, 15) is 18.3 Å². The summed E-state index contributed by atoms with van der Waals surface area (Å²) < 4.78 is 25.5. The maximum Gasteiger partial charge on any atom is 0.269 e. The number of carbonyl (C=O) groups excluding carboxylic acids is 1. The Morgan fingerprint density at radius 3 is 2.50 bits per heavy atom. The van der Waals surface area contributed by atoms with Crippen molar-refractivity contribution >= 4 is 15.9 Å². The summed E-state index contributed by atoms with van der Waals surface area (Å²) >= 11 is 0. The number of fused-ring (bicyclic) bond motifs is 1. The lowest BCUT2D eigenvalue weighted by atomic mass is 10.2. The van der Waals surface area contributed by atoms with Crippen LogP contribution in [-0.4, -0.2) is 23.7 Å². The topological polar surface area (TPSA) is 74.7 Å². The molecule has 1 aliphatic rings. The van der Waals surface area contributed by atoms with Gasteiger partial charge in [-0.2, -0.15) is 0 Å². The van der Waals surface area contributed by atoms with Gasteiger partial charge in [0.1, 0.15) is 10.6 Å². The second kappa shape index (κ2) is 4.35. The number of aromatic hydroxyl groups is 1. The summed E-state index contributed by atoms with van der Waals surface area (Å²) in [5.74, 6) is -0.506. The van der Waals surface area contributed by atoms with Crippen LogP contribution in [0.3, 0.4) is 0 Å². The molecule has 0 spiro atoms. The SMILES string of the molecule is O=C1c2ccccc2S(=O)(=O)N1Cc1cccc(O)c1. The average Bonchev–Trinajstić information content (AvgIpc) is 2.61. The smallest absolute Gasteiger partial charge is 0.269 e. The van der Waals surface area contributed by atoms with Crippen LogP contribution in [-0.2, 0) is 16.6 Å². The molecule has 0 unspecified atom stereocenters. The number of carbonyl (C=O) groups is 1. The van der Waals surface area contributed by atoms with E-state index in [2.05, 4.69) is 0 Å². The molecular weight excluding hydrogens is 278 g/mol. The van der Waals surface area contributed by atoms with Crippen molar-refractivity contribution in [3.63, 3.8) is 0 Å². The van der Waals surface area contributed by atoms with Gasteiger partial charge in [-0.15, -0.1) is 0 Å². The highest BCUT2D eigenvalue weighted by molar-refractivity contribution is 7.90. The largest absolute Gasteiger partial charge is 0.508 e. The Kier molecular flexibility index (Phi) is 2.76. The van der Waals surface area contributed by atoms with E-state index >= 15 is 0 Å². The molecule has 2 aromatic rings. The van der Waals surface area contributed by atoms with Crippen LogP contribution in [0.4, 0.5) is 0 Å². The lowest BCUT2D eigenvalue weighted by molar-refractivity contribution is 0.0865. The zero-order valence-corrected chi connectivity index (χ0v) is 11.2. The van der Waals surface area contributed by atoms with Gasteiger partial charge >= 0.3 is 0 Å². The molecular formula is C14H11NO4S. The molecule has 0 radical (unpaired) electrons. The normalized spacial score (nSPS) is 16.2. The Morgan fingerprint density at radius 1 is 1.05 bits per heavy atom. The Morgan fingerprint density at radius 2 is 1.80 bits per heavy atom. The van der Waals surface area contributed by atoms with Crippen molar-refractivity contribution < 1.29 is 18.3 Å². The quantitative estimate of drug-likeness (QED) is 0.913. The number of hydrogen-bond donors (Lipinski definition) is 1. The molecule has 0 saturated heterocycles. The molecule has 0 aliphatic carbocycles. The van der Waals surface area contributed by atoms with Gasteiger partial charge in [0.15, 0.2) is 0 Å². The predicted molar refractivity (Wildman–Crippen MR) is 71.6 cm³/mol. The van der Waals surface area contributed by atoms with Crippen LogP contribution >= 0.6 is 0 Å². The number of hydrogen-bond acceptors (Lipinski definition) is 4. The first-order valence-electron chi connectivity index (χ1n) is 5.94. The van der Waals surface area contributed by atoms with Gasteiger partial charge in [-0.25, -0.2) is 12.7 Å². The number of sulfonamides is 1. The summed E-state index contributed by atoms with van der Waals surface area (Å²) in [6.07, 6.45) is 0. The molecule has 0 bridgehead atoms. The van der Waals surface area contributed by atoms with Gasteiger partial charge in [0, 0.05) is 0 Å². The van der Waals surface area contributed by atoms with Gasteiger partial charge in [0.2, 0.25) is 0 Å². The molecule has 1 aliphatic heterocycles. The molecule has 6 heteroatoms. The third kappa shape index (κ3) is 1.85. The van der Waals surface area contributed by atoms with Gasteiger partial charge in [-0.05, 0) is 29.8 Å². The van der Waals surface area contributed by atoms with Crippen molar-refractivity contribution in [1.29, 1.82) is 0 Å². The van der Waals surface area contributed by atoms with E-state index in [1.807, 2.05) is 0 Å². The van der Waals surface area contributed by atoms with E-state index in [-0.39, 0.29) is 22.8 Å². The number of phenolic OH excluding ortho intramolecular Hbond substituents is 1. The first-order chi connectivity index (χ1) is 9.50. The van der Waals surface area contributed by atoms with Crippen LogP contribution in [0.1, 0.15) is 15.9 Å². The summed E-state index contributed by atoms with van der Waals surface area (Å²) in [4.78, 5) is 12.2. The number of phenols is 1. The monoisotopic (exact) mass is 289 g/mol. The third-order valence-electron chi connectivity index (χ3n) is 3.15. The van der Waals surface area contributed by atoms with Crippen molar-refractivity contribution in [2.75, 3.05) is 0 Å². The summed E-state index contributed by atoms with van der Waals surface area (Å²) in [5, 5.41) is 9.40. The molecule has 1 heterocycles. The molecule has 0 fully saturated rings. The first-order valence-corrected chi connectivity index (χ1v) is 7.38. The summed E-state index contributed by atoms with van der Waals surface area (Å²) in [7, 11) is -3.80. The highest BCUT2D eigenvalue weighted by Crippen LogP contribution is 2.31. The van der Waals surface area contributed by atoms with Crippen molar-refractivity contribution in [2.45, 2.75) is 11.4 Å². The Hall–Kier alpha value is -2.34. The van der Waals surface area contributed by atoms with Crippen molar-refractivity contribution in [3.05, 3.63) is 59.7 Å². The van der Waals surface area contributed by atoms with E-state index in [1.165, 1.54) is 24.3 Å². The van der Waals surface area contributed by atoms with E-state index in [1.54, 1.807) is 24.3 Å². The molecule has 0 aromatic heterocycles. The van der Waals surface area contributed by atoms with Crippen molar-refractivity contribution in [2.24, 2.45) is 0 Å². The lowest BCUT2D eigenvalue weighted by Gasteiger charge is -2.15. The fourth-order valence-corrected chi connectivity index (χ4v) is 3.76. The standard InChI is InChI=1S/C14H11NO4S/c16-11-5-3-4-10(8-11)9-15-14(17)12-6-1-2-7-13(12)20(15,18)19/h1-8,16H,9H2. The maximum absolute atomic E-state index is 12.3. The Labute approximate surface area is 116 Å². The second-order valence-electron chi connectivity index (χ2n) is 4.48. The molecule has 3 rings (SSSR count). The molecule has 0 saturated carbocycles. The van der Waals surface area contributed by atoms with Gasteiger partial charge in [0.25, 0.3) is 15.9 Å². The summed E-state index contributed by atoms with van der Waals surface area (Å²) in [6, 6.07) is 12.3.